The smallest absolute Gasteiger partial charge is 0.0477 e. The lowest BCUT2D eigenvalue weighted by molar-refractivity contribution is 0.875. The Kier molecular flexibility index (Phi) is 2.20. The van der Waals surface area contributed by atoms with Crippen LogP contribution in [0.3, 0.4) is 0 Å². The van der Waals surface area contributed by atoms with E-state index in [1.54, 1.807) is 0 Å². The molecule has 2 rings (SSSR count). The summed E-state index contributed by atoms with van der Waals surface area (Å²) in [5, 5.41) is 4.47. The van der Waals surface area contributed by atoms with Crippen LogP contribution in [0.4, 0.5) is 5.69 Å². The van der Waals surface area contributed by atoms with Crippen molar-refractivity contribution in [1.82, 2.24) is 4.98 Å². The summed E-state index contributed by atoms with van der Waals surface area (Å²) in [6.45, 7) is 4.43. The Morgan fingerprint density at radius 3 is 2.71 bits per heavy atom. The summed E-state index contributed by atoms with van der Waals surface area (Å²) < 4.78 is 0. The fraction of sp³-hybridized carbons (Fsp3) is 0.333. The molecule has 2 N–H and O–H groups in total. The summed E-state index contributed by atoms with van der Waals surface area (Å²) in [6.07, 6.45) is 2.11. The maximum absolute atomic E-state index is 3.30. The summed E-state index contributed by atoms with van der Waals surface area (Å²) in [7, 11) is 1.94. The van der Waals surface area contributed by atoms with Crippen molar-refractivity contribution in [2.45, 2.75) is 19.8 Å². The number of anilines is 1. The summed E-state index contributed by atoms with van der Waals surface area (Å²) in [5.74, 6) is 0.573. The average molecular weight is 188 g/mol. The first-order chi connectivity index (χ1) is 6.72. The van der Waals surface area contributed by atoms with E-state index < -0.39 is 0 Å². The Balaban J connectivity index is 2.59. The zero-order valence-corrected chi connectivity index (χ0v) is 8.89. The molecule has 0 spiro atoms. The lowest BCUT2D eigenvalue weighted by Gasteiger charge is -2.03. The average Bonchev–Trinajstić information content (AvgIpc) is 2.59. The van der Waals surface area contributed by atoms with Gasteiger partial charge in [0, 0.05) is 29.8 Å². The van der Waals surface area contributed by atoms with Gasteiger partial charge in [0.15, 0.2) is 0 Å². The molecular formula is C12H16N2. The molecule has 0 aliphatic rings. The van der Waals surface area contributed by atoms with E-state index in [-0.39, 0.29) is 0 Å². The quantitative estimate of drug-likeness (QED) is 0.743. The van der Waals surface area contributed by atoms with Gasteiger partial charge in [0.1, 0.15) is 0 Å². The molecule has 0 aliphatic carbocycles. The molecule has 0 fully saturated rings. The summed E-state index contributed by atoms with van der Waals surface area (Å²) in [6, 6.07) is 6.43. The number of aromatic nitrogens is 1. The van der Waals surface area contributed by atoms with Crippen molar-refractivity contribution in [2.75, 3.05) is 12.4 Å². The fourth-order valence-electron chi connectivity index (χ4n) is 1.78. The highest BCUT2D eigenvalue weighted by Gasteiger charge is 2.06. The third-order valence-electron chi connectivity index (χ3n) is 2.62. The maximum atomic E-state index is 3.30. The van der Waals surface area contributed by atoms with Gasteiger partial charge in [-0.05, 0) is 23.6 Å². The Bertz CT molecular complexity index is 441. The van der Waals surface area contributed by atoms with Crippen LogP contribution in [-0.4, -0.2) is 12.0 Å². The monoisotopic (exact) mass is 188 g/mol. The third-order valence-corrected chi connectivity index (χ3v) is 2.62. The molecule has 1 aromatic carbocycles. The predicted octanol–water partition coefficient (Wildman–Crippen LogP) is 3.33. The number of H-pyrrole nitrogens is 1. The normalized spacial score (nSPS) is 11.1. The van der Waals surface area contributed by atoms with Crippen molar-refractivity contribution in [3.63, 3.8) is 0 Å². The SMILES string of the molecule is CNc1ccc2c(C(C)C)c[nH]c2c1. The van der Waals surface area contributed by atoms with E-state index in [0.717, 1.165) is 5.69 Å². The van der Waals surface area contributed by atoms with Crippen LogP contribution in [0, 0.1) is 0 Å². The molecule has 0 saturated carbocycles. The van der Waals surface area contributed by atoms with Crippen molar-refractivity contribution in [3.05, 3.63) is 30.0 Å². The van der Waals surface area contributed by atoms with Gasteiger partial charge in [-0.3, -0.25) is 0 Å². The molecule has 0 unspecified atom stereocenters. The first kappa shape index (κ1) is 9.13. The number of benzene rings is 1. The van der Waals surface area contributed by atoms with Crippen LogP contribution in [0.1, 0.15) is 25.3 Å². The standard InChI is InChI=1S/C12H16N2/c1-8(2)11-7-14-12-6-9(13-3)4-5-10(11)12/h4-8,13-14H,1-3H3. The number of fused-ring (bicyclic) bond motifs is 1. The molecule has 2 aromatic rings. The van der Waals surface area contributed by atoms with Crippen molar-refractivity contribution in [1.29, 1.82) is 0 Å². The molecule has 0 bridgehead atoms. The third kappa shape index (κ3) is 1.37. The highest BCUT2D eigenvalue weighted by atomic mass is 14.8. The minimum absolute atomic E-state index is 0.573. The van der Waals surface area contributed by atoms with E-state index in [0.29, 0.717) is 5.92 Å². The lowest BCUT2D eigenvalue weighted by atomic mass is 10.0. The summed E-state index contributed by atoms with van der Waals surface area (Å²) in [4.78, 5) is 3.30. The number of aromatic amines is 1. The molecule has 0 saturated heterocycles. The molecule has 14 heavy (non-hydrogen) atoms. The molecular weight excluding hydrogens is 172 g/mol. The Labute approximate surface area is 84.3 Å². The van der Waals surface area contributed by atoms with Crippen LogP contribution in [-0.2, 0) is 0 Å². The van der Waals surface area contributed by atoms with E-state index in [2.05, 4.69) is 48.5 Å². The van der Waals surface area contributed by atoms with Crippen LogP contribution >= 0.6 is 0 Å². The predicted molar refractivity (Wildman–Crippen MR) is 61.9 cm³/mol. The molecule has 2 heteroatoms. The Morgan fingerprint density at radius 2 is 2.07 bits per heavy atom. The van der Waals surface area contributed by atoms with Crippen LogP contribution < -0.4 is 5.32 Å². The molecule has 0 atom stereocenters. The lowest BCUT2D eigenvalue weighted by Crippen LogP contribution is -1.87. The summed E-state index contributed by atoms with van der Waals surface area (Å²) in [5.41, 5.74) is 3.75. The highest BCUT2D eigenvalue weighted by Crippen LogP contribution is 2.26. The molecule has 0 amide bonds. The van der Waals surface area contributed by atoms with Gasteiger partial charge in [-0.1, -0.05) is 19.9 Å². The fourth-order valence-corrected chi connectivity index (χ4v) is 1.78. The Hall–Kier alpha value is -1.44. The second kappa shape index (κ2) is 3.37. The minimum Gasteiger partial charge on any atom is -0.388 e. The number of nitrogens with one attached hydrogen (secondary N) is 2. The maximum Gasteiger partial charge on any atom is 0.0477 e. The number of rotatable bonds is 2. The largest absolute Gasteiger partial charge is 0.388 e. The summed E-state index contributed by atoms with van der Waals surface area (Å²) >= 11 is 0. The van der Waals surface area contributed by atoms with E-state index >= 15 is 0 Å². The van der Waals surface area contributed by atoms with Crippen molar-refractivity contribution in [2.24, 2.45) is 0 Å². The zero-order chi connectivity index (χ0) is 10.1. The molecule has 1 heterocycles. The van der Waals surface area contributed by atoms with E-state index in [9.17, 15) is 0 Å². The molecule has 0 aliphatic heterocycles. The first-order valence-electron chi connectivity index (χ1n) is 5.01. The number of hydrogen-bond acceptors (Lipinski definition) is 1. The van der Waals surface area contributed by atoms with Gasteiger partial charge in [0.25, 0.3) is 0 Å². The molecule has 0 radical (unpaired) electrons. The molecule has 2 nitrogen and oxygen atoms in total. The highest BCUT2D eigenvalue weighted by molar-refractivity contribution is 5.86. The van der Waals surface area contributed by atoms with E-state index in [4.69, 9.17) is 0 Å². The first-order valence-corrected chi connectivity index (χ1v) is 5.01. The minimum atomic E-state index is 0.573. The van der Waals surface area contributed by atoms with Crippen LogP contribution in [0.5, 0.6) is 0 Å². The van der Waals surface area contributed by atoms with Crippen molar-refractivity contribution >= 4 is 16.6 Å². The van der Waals surface area contributed by atoms with Gasteiger partial charge in [-0.15, -0.1) is 0 Å². The van der Waals surface area contributed by atoms with Gasteiger partial charge in [-0.25, -0.2) is 0 Å². The van der Waals surface area contributed by atoms with Gasteiger partial charge in [0.2, 0.25) is 0 Å². The van der Waals surface area contributed by atoms with Crippen LogP contribution in [0.15, 0.2) is 24.4 Å². The zero-order valence-electron chi connectivity index (χ0n) is 8.89. The van der Waals surface area contributed by atoms with E-state index in [1.165, 1.54) is 16.5 Å². The van der Waals surface area contributed by atoms with E-state index in [1.807, 2.05) is 7.05 Å². The Morgan fingerprint density at radius 1 is 1.29 bits per heavy atom. The van der Waals surface area contributed by atoms with Gasteiger partial charge in [0.05, 0.1) is 0 Å². The second-order valence-corrected chi connectivity index (χ2v) is 3.91. The van der Waals surface area contributed by atoms with Crippen molar-refractivity contribution < 1.29 is 0 Å². The van der Waals surface area contributed by atoms with Crippen LogP contribution in [0.2, 0.25) is 0 Å². The molecule has 1 aromatic heterocycles. The van der Waals surface area contributed by atoms with Gasteiger partial charge < -0.3 is 10.3 Å². The number of hydrogen-bond donors (Lipinski definition) is 2. The van der Waals surface area contributed by atoms with Gasteiger partial charge in [-0.2, -0.15) is 0 Å². The van der Waals surface area contributed by atoms with Crippen LogP contribution in [0.25, 0.3) is 10.9 Å². The van der Waals surface area contributed by atoms with Gasteiger partial charge >= 0.3 is 0 Å². The van der Waals surface area contributed by atoms with Crippen molar-refractivity contribution in [3.8, 4) is 0 Å². The second-order valence-electron chi connectivity index (χ2n) is 3.91. The molecule has 74 valence electrons. The topological polar surface area (TPSA) is 27.8 Å².